The van der Waals surface area contributed by atoms with E-state index >= 15 is 0 Å². The molecule has 152 valence electrons. The molecule has 0 bridgehead atoms. The molecule has 1 aliphatic heterocycles. The van der Waals surface area contributed by atoms with E-state index in [1.165, 1.54) is 0 Å². The monoisotopic (exact) mass is 405 g/mol. The number of benzene rings is 2. The first-order chi connectivity index (χ1) is 13.4. The fraction of sp³-hybridized carbons (Fsp3) is 0.455. The highest BCUT2D eigenvalue weighted by atomic mass is 35.5. The lowest BCUT2D eigenvalue weighted by Crippen LogP contribution is -2.45. The highest BCUT2D eigenvalue weighted by Gasteiger charge is 2.34. The van der Waals surface area contributed by atoms with Crippen molar-refractivity contribution in [2.24, 2.45) is 0 Å². The van der Waals surface area contributed by atoms with Gasteiger partial charge in [0.2, 0.25) is 0 Å². The quantitative estimate of drug-likeness (QED) is 0.569. The molecular weight excluding hydrogens is 378 g/mol. The minimum Gasteiger partial charge on any atom is -0.392 e. The van der Waals surface area contributed by atoms with Gasteiger partial charge in [-0.1, -0.05) is 48.0 Å². The summed E-state index contributed by atoms with van der Waals surface area (Å²) in [5.74, 6) is 0. The Morgan fingerprint density at radius 1 is 0.964 bits per heavy atom. The summed E-state index contributed by atoms with van der Waals surface area (Å²) in [5, 5.41) is 41.4. The average molecular weight is 406 g/mol. The number of likely N-dealkylation sites (tertiary alicyclic amines) is 1. The molecule has 0 unspecified atom stereocenters. The van der Waals surface area contributed by atoms with E-state index in [2.05, 4.69) is 4.90 Å². The summed E-state index contributed by atoms with van der Waals surface area (Å²) in [6.07, 6.45) is 0.0166. The van der Waals surface area contributed by atoms with Crippen molar-refractivity contribution in [1.82, 2.24) is 4.90 Å². The third-order valence-electron chi connectivity index (χ3n) is 5.58. The van der Waals surface area contributed by atoms with Crippen LogP contribution in [0.25, 0.3) is 0 Å². The van der Waals surface area contributed by atoms with Crippen LogP contribution in [-0.2, 0) is 12.2 Å². The van der Waals surface area contributed by atoms with Crippen molar-refractivity contribution in [1.29, 1.82) is 0 Å². The number of rotatable bonds is 7. The minimum atomic E-state index is -0.861. The Labute approximate surface area is 170 Å². The molecule has 0 spiro atoms. The molecule has 0 radical (unpaired) electrons. The molecule has 5 nitrogen and oxygen atoms in total. The zero-order chi connectivity index (χ0) is 20.1. The number of hydrogen-bond acceptors (Lipinski definition) is 5. The van der Waals surface area contributed by atoms with Gasteiger partial charge < -0.3 is 25.3 Å². The summed E-state index contributed by atoms with van der Waals surface area (Å²) in [4.78, 5) is 2.12. The molecule has 2 atom stereocenters. The first-order valence-corrected chi connectivity index (χ1v) is 10.0. The topological polar surface area (TPSA) is 84.2 Å². The molecule has 1 aliphatic rings. The maximum atomic E-state index is 10.9. The van der Waals surface area contributed by atoms with Crippen LogP contribution in [0, 0.1) is 0 Å². The molecule has 3 rings (SSSR count). The van der Waals surface area contributed by atoms with Gasteiger partial charge in [-0.25, -0.2) is 0 Å². The van der Waals surface area contributed by atoms with Crippen LogP contribution in [0.1, 0.15) is 42.1 Å². The molecule has 4 N–H and O–H groups in total. The molecule has 0 aliphatic carbocycles. The van der Waals surface area contributed by atoms with Crippen LogP contribution in [0.5, 0.6) is 0 Å². The zero-order valence-corrected chi connectivity index (χ0v) is 16.6. The van der Waals surface area contributed by atoms with Crippen LogP contribution in [0.3, 0.4) is 0 Å². The zero-order valence-electron chi connectivity index (χ0n) is 15.8. The van der Waals surface area contributed by atoms with Gasteiger partial charge in [-0.2, -0.15) is 0 Å². The average Bonchev–Trinajstić information content (AvgIpc) is 2.70. The highest BCUT2D eigenvalue weighted by Crippen LogP contribution is 2.33. The van der Waals surface area contributed by atoms with Crippen LogP contribution in [-0.4, -0.2) is 51.1 Å². The van der Waals surface area contributed by atoms with Gasteiger partial charge in [0.1, 0.15) is 0 Å². The van der Waals surface area contributed by atoms with Crippen LogP contribution in [0.15, 0.2) is 48.5 Å². The second-order valence-corrected chi connectivity index (χ2v) is 8.08. The first kappa shape index (κ1) is 21.2. The Hall–Kier alpha value is -1.47. The van der Waals surface area contributed by atoms with Gasteiger partial charge in [-0.15, -0.1) is 0 Å². The third-order valence-corrected chi connectivity index (χ3v) is 5.83. The molecule has 1 fully saturated rings. The van der Waals surface area contributed by atoms with Crippen LogP contribution < -0.4 is 0 Å². The molecule has 28 heavy (non-hydrogen) atoms. The van der Waals surface area contributed by atoms with E-state index < -0.39 is 17.8 Å². The Morgan fingerprint density at radius 2 is 1.57 bits per heavy atom. The molecule has 6 heteroatoms. The van der Waals surface area contributed by atoms with E-state index in [0.717, 1.165) is 16.7 Å². The van der Waals surface area contributed by atoms with Gasteiger partial charge in [0.15, 0.2) is 0 Å². The summed E-state index contributed by atoms with van der Waals surface area (Å²) in [5.41, 5.74) is 1.53. The molecule has 0 aromatic heterocycles. The number of β-amino-alcohol motifs (C(OH)–C–C–N with tert-alkyl or cyclic N) is 1. The summed E-state index contributed by atoms with van der Waals surface area (Å²) in [7, 11) is 0. The van der Waals surface area contributed by atoms with Crippen LogP contribution >= 0.6 is 11.6 Å². The predicted molar refractivity (Wildman–Crippen MR) is 109 cm³/mol. The van der Waals surface area contributed by atoms with Gasteiger partial charge in [-0.3, -0.25) is 0 Å². The number of halogens is 1. The van der Waals surface area contributed by atoms with Gasteiger partial charge in [0.05, 0.1) is 24.4 Å². The lowest BCUT2D eigenvalue weighted by atomic mass is 9.84. The number of nitrogens with zero attached hydrogens (tertiary/aromatic N) is 1. The minimum absolute atomic E-state index is 0.0314. The summed E-state index contributed by atoms with van der Waals surface area (Å²) >= 11 is 5.93. The second kappa shape index (κ2) is 9.35. The van der Waals surface area contributed by atoms with Crippen molar-refractivity contribution in [3.63, 3.8) is 0 Å². The molecular formula is C22H28ClNO4. The molecule has 0 saturated carbocycles. The fourth-order valence-corrected chi connectivity index (χ4v) is 3.89. The maximum Gasteiger partial charge on any atom is 0.0920 e. The summed E-state index contributed by atoms with van der Waals surface area (Å²) in [6, 6.07) is 14.4. The van der Waals surface area contributed by atoms with Crippen molar-refractivity contribution in [3.8, 4) is 0 Å². The standard InChI is InChI=1S/C22H28ClNO4/c23-19-7-5-18(6-8-19)22(28)9-11-24(12-10-22)14-20(26)13-21(27)17-3-1-16(15-25)2-4-17/h1-8,20-21,25-28H,9-15H2/t20-,21+/m0/s1. The number of aliphatic hydroxyl groups is 4. The Balaban J connectivity index is 1.49. The fourth-order valence-electron chi connectivity index (χ4n) is 3.77. The van der Waals surface area contributed by atoms with E-state index in [1.807, 2.05) is 12.1 Å². The Morgan fingerprint density at radius 3 is 2.14 bits per heavy atom. The molecule has 2 aromatic carbocycles. The molecule has 1 heterocycles. The van der Waals surface area contributed by atoms with E-state index in [1.54, 1.807) is 36.4 Å². The first-order valence-electron chi connectivity index (χ1n) is 9.66. The van der Waals surface area contributed by atoms with E-state index in [-0.39, 0.29) is 13.0 Å². The number of aliphatic hydroxyl groups excluding tert-OH is 3. The molecule has 0 amide bonds. The Kier molecular flexibility index (Phi) is 7.10. The third kappa shape index (κ3) is 5.32. The van der Waals surface area contributed by atoms with Crippen molar-refractivity contribution in [3.05, 3.63) is 70.2 Å². The van der Waals surface area contributed by atoms with E-state index in [0.29, 0.717) is 37.5 Å². The summed E-state index contributed by atoms with van der Waals surface area (Å²) in [6.45, 7) is 1.79. The highest BCUT2D eigenvalue weighted by molar-refractivity contribution is 6.30. The number of piperidine rings is 1. The molecule has 1 saturated heterocycles. The normalized spacial score (nSPS) is 19.3. The predicted octanol–water partition coefficient (Wildman–Crippen LogP) is 2.60. The van der Waals surface area contributed by atoms with Crippen molar-refractivity contribution >= 4 is 11.6 Å². The number of hydrogen-bond donors (Lipinski definition) is 4. The second-order valence-electron chi connectivity index (χ2n) is 7.64. The van der Waals surface area contributed by atoms with Gasteiger partial charge in [-0.05, 0) is 41.7 Å². The SMILES string of the molecule is OCc1ccc([C@H](O)C[C@H](O)CN2CCC(O)(c3ccc(Cl)cc3)CC2)cc1. The maximum absolute atomic E-state index is 10.9. The van der Waals surface area contributed by atoms with Gasteiger partial charge in [0, 0.05) is 31.1 Å². The van der Waals surface area contributed by atoms with Crippen LogP contribution in [0.2, 0.25) is 5.02 Å². The molecule has 2 aromatic rings. The van der Waals surface area contributed by atoms with E-state index in [9.17, 15) is 15.3 Å². The lowest BCUT2D eigenvalue weighted by Gasteiger charge is -2.39. The van der Waals surface area contributed by atoms with Crippen molar-refractivity contribution in [2.75, 3.05) is 19.6 Å². The van der Waals surface area contributed by atoms with Crippen molar-refractivity contribution in [2.45, 2.75) is 43.7 Å². The van der Waals surface area contributed by atoms with E-state index in [4.69, 9.17) is 16.7 Å². The van der Waals surface area contributed by atoms with Crippen LogP contribution in [0.4, 0.5) is 0 Å². The van der Waals surface area contributed by atoms with Crippen molar-refractivity contribution < 1.29 is 20.4 Å². The van der Waals surface area contributed by atoms with Gasteiger partial charge in [0.25, 0.3) is 0 Å². The Bertz CT molecular complexity index is 742. The smallest absolute Gasteiger partial charge is 0.0920 e. The van der Waals surface area contributed by atoms with Gasteiger partial charge >= 0.3 is 0 Å². The lowest BCUT2D eigenvalue weighted by molar-refractivity contribution is -0.0378. The largest absolute Gasteiger partial charge is 0.392 e. The summed E-state index contributed by atoms with van der Waals surface area (Å²) < 4.78 is 0.